The number of nitrogens with zero attached hydrogens (tertiary/aromatic N) is 3. The number of benzene rings is 1. The summed E-state index contributed by atoms with van der Waals surface area (Å²) in [4.78, 5) is 22.9. The fourth-order valence-corrected chi connectivity index (χ4v) is 6.43. The number of sulfonamides is 1. The van der Waals surface area contributed by atoms with Gasteiger partial charge in [0.25, 0.3) is 5.56 Å². The second-order valence-electron chi connectivity index (χ2n) is 11.2. The van der Waals surface area contributed by atoms with Gasteiger partial charge in [-0.15, -0.1) is 0 Å². The van der Waals surface area contributed by atoms with E-state index >= 15 is 0 Å². The molecule has 4 rings (SSSR count). The molecule has 0 radical (unpaired) electrons. The predicted molar refractivity (Wildman–Crippen MR) is 156 cm³/mol. The minimum atomic E-state index is -3.22. The molecule has 1 saturated carbocycles. The van der Waals surface area contributed by atoms with Gasteiger partial charge < -0.3 is 10.1 Å². The number of rotatable bonds is 10. The highest BCUT2D eigenvalue weighted by Crippen LogP contribution is 2.28. The zero-order valence-corrected chi connectivity index (χ0v) is 24.9. The van der Waals surface area contributed by atoms with Crippen LogP contribution in [0, 0.1) is 0 Å². The van der Waals surface area contributed by atoms with E-state index < -0.39 is 18.1 Å². The number of hydrogen-bond donors (Lipinski definition) is 2. The molecule has 38 heavy (non-hydrogen) atoms. The van der Waals surface area contributed by atoms with Gasteiger partial charge in [-0.25, -0.2) is 18.1 Å². The van der Waals surface area contributed by atoms with Crippen molar-refractivity contribution >= 4 is 46.7 Å². The maximum Gasteiger partial charge on any atom is 0.262 e. The van der Waals surface area contributed by atoms with Gasteiger partial charge in [-0.1, -0.05) is 49.4 Å². The lowest BCUT2D eigenvalue weighted by molar-refractivity contribution is 0.0876. The number of hydrogen-bond acceptors (Lipinski definition) is 7. The first kappa shape index (κ1) is 28.7. The topological polar surface area (TPSA) is 115 Å². The molecule has 2 N–H and O–H groups in total. The fourth-order valence-electron chi connectivity index (χ4n) is 4.60. The summed E-state index contributed by atoms with van der Waals surface area (Å²) in [6, 6.07) is 10.1. The van der Waals surface area contributed by atoms with Gasteiger partial charge in [-0.05, 0) is 43.9 Å². The number of ether oxygens (including phenoxy) is 1. The summed E-state index contributed by atoms with van der Waals surface area (Å²) in [5.41, 5.74) is 1.39. The molecule has 1 aliphatic rings. The number of halogens is 1. The molecular weight excluding hydrogens is 542 g/mol. The molecule has 12 heteroatoms. The average molecular weight is 578 g/mol. The molecule has 1 aromatic carbocycles. The van der Waals surface area contributed by atoms with Crippen molar-refractivity contribution in [3.63, 3.8) is 0 Å². The van der Waals surface area contributed by atoms with Crippen LogP contribution in [0.1, 0.15) is 25.7 Å². The number of fused-ring (bicyclic) bond motifs is 1. The Hall–Kier alpha value is -2.31. The molecule has 0 aliphatic heterocycles. The molecule has 1 aliphatic carbocycles. The lowest BCUT2D eigenvalue weighted by Crippen LogP contribution is -2.39. The Morgan fingerprint density at radius 3 is 2.45 bits per heavy atom. The van der Waals surface area contributed by atoms with Crippen molar-refractivity contribution in [3.05, 3.63) is 51.9 Å². The number of nitrogens with one attached hydrogen (secondary N) is 2. The zero-order valence-electron chi connectivity index (χ0n) is 22.3. The molecular formula is C26H36ClN5O4SSi. The molecule has 3 aromatic rings. The van der Waals surface area contributed by atoms with Gasteiger partial charge in [0, 0.05) is 54.5 Å². The largest absolute Gasteiger partial charge is 0.361 e. The van der Waals surface area contributed by atoms with Crippen molar-refractivity contribution in [2.75, 3.05) is 18.2 Å². The smallest absolute Gasteiger partial charge is 0.262 e. The molecule has 9 nitrogen and oxygen atoms in total. The summed E-state index contributed by atoms with van der Waals surface area (Å²) in [5, 5.41) is 4.58. The highest BCUT2D eigenvalue weighted by molar-refractivity contribution is 7.88. The van der Waals surface area contributed by atoms with E-state index in [-0.39, 0.29) is 24.4 Å². The lowest BCUT2D eigenvalue weighted by Gasteiger charge is -2.29. The Labute approximate surface area is 230 Å². The van der Waals surface area contributed by atoms with Crippen LogP contribution >= 0.6 is 11.6 Å². The summed E-state index contributed by atoms with van der Waals surface area (Å²) in [5.74, 6) is 0.428. The molecule has 0 atom stereocenters. The molecule has 1 fully saturated rings. The Kier molecular flexibility index (Phi) is 8.93. The van der Waals surface area contributed by atoms with Gasteiger partial charge in [0.05, 0.1) is 6.26 Å². The molecule has 2 aromatic heterocycles. The van der Waals surface area contributed by atoms with E-state index in [9.17, 15) is 13.2 Å². The van der Waals surface area contributed by atoms with Crippen molar-refractivity contribution in [2.24, 2.45) is 0 Å². The molecule has 0 saturated heterocycles. The molecule has 2 heterocycles. The van der Waals surface area contributed by atoms with Crippen LogP contribution in [-0.4, -0.2) is 56.0 Å². The lowest BCUT2D eigenvalue weighted by atomic mass is 9.92. The van der Waals surface area contributed by atoms with E-state index in [2.05, 4.69) is 34.7 Å². The minimum absolute atomic E-state index is 0.0534. The van der Waals surface area contributed by atoms with Crippen LogP contribution in [0.25, 0.3) is 22.2 Å². The number of aromatic nitrogens is 3. The van der Waals surface area contributed by atoms with Crippen molar-refractivity contribution in [1.82, 2.24) is 19.3 Å². The third-order valence-corrected chi connectivity index (χ3v) is 9.44. The first-order valence-corrected chi connectivity index (χ1v) is 18.8. The summed E-state index contributed by atoms with van der Waals surface area (Å²) in [6.07, 6.45) is 5.93. The van der Waals surface area contributed by atoms with Crippen molar-refractivity contribution in [3.8, 4) is 11.1 Å². The van der Waals surface area contributed by atoms with Gasteiger partial charge in [0.1, 0.15) is 12.4 Å². The monoisotopic (exact) mass is 577 g/mol. The number of anilines is 1. The van der Waals surface area contributed by atoms with Crippen LogP contribution < -0.4 is 15.6 Å². The summed E-state index contributed by atoms with van der Waals surface area (Å²) >= 11 is 6.44. The first-order chi connectivity index (χ1) is 17.9. The van der Waals surface area contributed by atoms with E-state index in [1.807, 2.05) is 18.2 Å². The SMILES string of the molecule is C[Si](C)(C)CCOCn1c(=O)c(-c2ccccc2Cl)cc2cnc(NC3CCC(NS(C)(=O)=O)CC3)nc21. The summed E-state index contributed by atoms with van der Waals surface area (Å²) in [7, 11) is -4.51. The normalized spacial score (nSPS) is 18.6. The highest BCUT2D eigenvalue weighted by atomic mass is 35.5. The van der Waals surface area contributed by atoms with Crippen LogP contribution in [0.3, 0.4) is 0 Å². The minimum Gasteiger partial charge on any atom is -0.361 e. The Balaban J connectivity index is 1.61. The van der Waals surface area contributed by atoms with E-state index in [4.69, 9.17) is 21.3 Å². The van der Waals surface area contributed by atoms with Crippen molar-refractivity contribution < 1.29 is 13.2 Å². The molecule has 0 amide bonds. The Morgan fingerprint density at radius 1 is 1.11 bits per heavy atom. The molecule has 206 valence electrons. The quantitative estimate of drug-likeness (QED) is 0.265. The second-order valence-corrected chi connectivity index (χ2v) is 19.0. The van der Waals surface area contributed by atoms with E-state index in [0.717, 1.165) is 31.7 Å². The van der Waals surface area contributed by atoms with Crippen LogP contribution in [0.5, 0.6) is 0 Å². The number of pyridine rings is 1. The van der Waals surface area contributed by atoms with Crippen LogP contribution in [-0.2, 0) is 21.5 Å². The highest BCUT2D eigenvalue weighted by Gasteiger charge is 2.24. The standard InChI is InChI=1S/C26H36ClN5O4SSi/c1-37(34,35)31-20-11-9-19(10-12-20)29-26-28-16-18-15-22(21-7-5-6-8-23(21)27)25(33)32(24(18)30-26)17-36-13-14-38(2,3)4/h5-8,15-16,19-20,31H,9-14,17H2,1-4H3,(H,28,29,30). The maximum atomic E-state index is 13.7. The van der Waals surface area contributed by atoms with Crippen LogP contribution in [0.2, 0.25) is 30.7 Å². The Morgan fingerprint density at radius 2 is 1.79 bits per heavy atom. The Bertz CT molecular complexity index is 1450. The first-order valence-electron chi connectivity index (χ1n) is 12.9. The van der Waals surface area contributed by atoms with E-state index in [0.29, 0.717) is 39.7 Å². The predicted octanol–water partition coefficient (Wildman–Crippen LogP) is 4.70. The van der Waals surface area contributed by atoms with E-state index in [1.54, 1.807) is 22.9 Å². The second kappa shape index (κ2) is 11.8. The van der Waals surface area contributed by atoms with E-state index in [1.165, 1.54) is 6.26 Å². The van der Waals surface area contributed by atoms with Gasteiger partial charge in [-0.3, -0.25) is 9.36 Å². The average Bonchev–Trinajstić information content (AvgIpc) is 2.83. The van der Waals surface area contributed by atoms with Crippen molar-refractivity contribution in [2.45, 2.75) is 70.2 Å². The van der Waals surface area contributed by atoms with Crippen molar-refractivity contribution in [1.29, 1.82) is 0 Å². The fraction of sp³-hybridized carbons (Fsp3) is 0.500. The maximum absolute atomic E-state index is 13.7. The molecule has 0 bridgehead atoms. The molecule has 0 spiro atoms. The third kappa shape index (κ3) is 7.63. The van der Waals surface area contributed by atoms with Gasteiger partial charge in [0.2, 0.25) is 16.0 Å². The third-order valence-electron chi connectivity index (χ3n) is 6.65. The zero-order chi connectivity index (χ0) is 27.5. The molecule has 0 unspecified atom stereocenters. The van der Waals surface area contributed by atoms with Crippen LogP contribution in [0.4, 0.5) is 5.95 Å². The van der Waals surface area contributed by atoms with Gasteiger partial charge in [0.15, 0.2) is 0 Å². The summed E-state index contributed by atoms with van der Waals surface area (Å²) < 4.78 is 33.3. The summed E-state index contributed by atoms with van der Waals surface area (Å²) in [6.45, 7) is 7.50. The van der Waals surface area contributed by atoms with Gasteiger partial charge in [-0.2, -0.15) is 4.98 Å². The van der Waals surface area contributed by atoms with Gasteiger partial charge >= 0.3 is 0 Å². The van der Waals surface area contributed by atoms with Crippen LogP contribution in [0.15, 0.2) is 41.3 Å².